The number of nitrogens with zero attached hydrogens (tertiary/aromatic N) is 1. The van der Waals surface area contributed by atoms with E-state index in [-0.39, 0.29) is 17.0 Å². The number of aryl methyl sites for hydroxylation is 1. The maximum atomic E-state index is 13.4. The largest absolute Gasteiger partial charge is 0.396 e. The SMILES string of the molecule is Cc1cc(F)c(Br)cc1NS(=O)(=O)N1CCC(CO)CC1. The van der Waals surface area contributed by atoms with Crippen molar-refractivity contribution < 1.29 is 17.9 Å². The van der Waals surface area contributed by atoms with Gasteiger partial charge < -0.3 is 5.11 Å². The predicted octanol–water partition coefficient (Wildman–Crippen LogP) is 2.26. The summed E-state index contributed by atoms with van der Waals surface area (Å²) in [4.78, 5) is 0. The molecule has 0 bridgehead atoms. The summed E-state index contributed by atoms with van der Waals surface area (Å²) >= 11 is 3.05. The molecular formula is C13H18BrFN2O3S. The first-order chi connectivity index (χ1) is 9.83. The minimum atomic E-state index is -3.66. The van der Waals surface area contributed by atoms with E-state index in [1.807, 2.05) is 0 Å². The van der Waals surface area contributed by atoms with E-state index in [1.165, 1.54) is 16.4 Å². The Balaban J connectivity index is 2.13. The summed E-state index contributed by atoms with van der Waals surface area (Å²) in [6.45, 7) is 2.49. The van der Waals surface area contributed by atoms with Crippen LogP contribution in [-0.4, -0.2) is 37.5 Å². The number of aliphatic hydroxyl groups is 1. The second-order valence-corrected chi connectivity index (χ2v) is 7.74. The van der Waals surface area contributed by atoms with Gasteiger partial charge in [-0.15, -0.1) is 0 Å². The summed E-state index contributed by atoms with van der Waals surface area (Å²) in [5.41, 5.74) is 0.872. The fourth-order valence-electron chi connectivity index (χ4n) is 2.29. The van der Waals surface area contributed by atoms with Gasteiger partial charge in [0.05, 0.1) is 10.2 Å². The van der Waals surface area contributed by atoms with Crippen molar-refractivity contribution in [1.29, 1.82) is 0 Å². The molecule has 0 aromatic heterocycles. The second kappa shape index (κ2) is 6.60. The summed E-state index contributed by atoms with van der Waals surface area (Å²) in [5, 5.41) is 9.08. The zero-order valence-corrected chi connectivity index (χ0v) is 14.0. The van der Waals surface area contributed by atoms with Gasteiger partial charge in [-0.1, -0.05) is 0 Å². The number of rotatable bonds is 4. The number of aliphatic hydroxyl groups excluding tert-OH is 1. The Morgan fingerprint density at radius 1 is 1.43 bits per heavy atom. The number of hydrogen-bond acceptors (Lipinski definition) is 3. The molecule has 1 aliphatic rings. The predicted molar refractivity (Wildman–Crippen MR) is 82.8 cm³/mol. The van der Waals surface area contributed by atoms with Crippen molar-refractivity contribution in [1.82, 2.24) is 4.31 Å². The van der Waals surface area contributed by atoms with E-state index in [9.17, 15) is 12.8 Å². The van der Waals surface area contributed by atoms with Gasteiger partial charge in [0.2, 0.25) is 0 Å². The molecule has 0 unspecified atom stereocenters. The van der Waals surface area contributed by atoms with Crippen LogP contribution in [0.25, 0.3) is 0 Å². The molecule has 2 rings (SSSR count). The van der Waals surface area contributed by atoms with Gasteiger partial charge in [-0.05, 0) is 59.3 Å². The normalized spacial score (nSPS) is 17.9. The summed E-state index contributed by atoms with van der Waals surface area (Å²) in [6, 6.07) is 2.70. The van der Waals surface area contributed by atoms with E-state index in [0.717, 1.165) is 0 Å². The summed E-state index contributed by atoms with van der Waals surface area (Å²) < 4.78 is 42.1. The van der Waals surface area contributed by atoms with Crippen molar-refractivity contribution in [3.63, 3.8) is 0 Å². The summed E-state index contributed by atoms with van der Waals surface area (Å²) in [7, 11) is -3.66. The molecule has 2 N–H and O–H groups in total. The van der Waals surface area contributed by atoms with Crippen molar-refractivity contribution in [3.8, 4) is 0 Å². The van der Waals surface area contributed by atoms with Gasteiger partial charge in [0.15, 0.2) is 0 Å². The quantitative estimate of drug-likeness (QED) is 0.841. The van der Waals surface area contributed by atoms with Crippen LogP contribution >= 0.6 is 15.9 Å². The Morgan fingerprint density at radius 3 is 2.62 bits per heavy atom. The Bertz CT molecular complexity index is 616. The number of benzene rings is 1. The van der Waals surface area contributed by atoms with E-state index in [4.69, 9.17) is 5.11 Å². The summed E-state index contributed by atoms with van der Waals surface area (Å²) in [6.07, 6.45) is 1.28. The molecule has 1 aromatic carbocycles. The van der Waals surface area contributed by atoms with E-state index in [0.29, 0.717) is 37.2 Å². The van der Waals surface area contributed by atoms with Crippen molar-refractivity contribution in [2.45, 2.75) is 19.8 Å². The third-order valence-electron chi connectivity index (χ3n) is 3.68. The highest BCUT2D eigenvalue weighted by Gasteiger charge is 2.28. The maximum absolute atomic E-state index is 13.4. The number of piperidine rings is 1. The summed E-state index contributed by atoms with van der Waals surface area (Å²) in [5.74, 6) is -0.266. The van der Waals surface area contributed by atoms with Gasteiger partial charge >= 0.3 is 10.2 Å². The van der Waals surface area contributed by atoms with Crippen molar-refractivity contribution >= 4 is 31.8 Å². The van der Waals surface area contributed by atoms with Gasteiger partial charge in [0, 0.05) is 19.7 Å². The van der Waals surface area contributed by atoms with Crippen LogP contribution in [0.3, 0.4) is 0 Å². The first kappa shape index (κ1) is 16.7. The van der Waals surface area contributed by atoms with Crippen molar-refractivity contribution in [2.24, 2.45) is 5.92 Å². The van der Waals surface area contributed by atoms with E-state index in [1.54, 1.807) is 6.92 Å². The van der Waals surface area contributed by atoms with Crippen LogP contribution in [0.5, 0.6) is 0 Å². The molecule has 0 atom stereocenters. The standard InChI is InChI=1S/C13H18BrFN2O3S/c1-9-6-12(15)11(14)7-13(9)16-21(19,20)17-4-2-10(8-18)3-5-17/h6-7,10,16,18H,2-5,8H2,1H3. The molecule has 0 aliphatic carbocycles. The fourth-order valence-corrected chi connectivity index (χ4v) is 3.95. The van der Waals surface area contributed by atoms with Gasteiger partial charge in [-0.2, -0.15) is 12.7 Å². The fraction of sp³-hybridized carbons (Fsp3) is 0.538. The van der Waals surface area contributed by atoms with Crippen molar-refractivity contribution in [2.75, 3.05) is 24.4 Å². The zero-order valence-electron chi connectivity index (χ0n) is 11.6. The molecule has 21 heavy (non-hydrogen) atoms. The second-order valence-electron chi connectivity index (χ2n) is 5.21. The number of anilines is 1. The Labute approximate surface area is 132 Å². The molecule has 1 aromatic rings. The minimum Gasteiger partial charge on any atom is -0.396 e. The van der Waals surface area contributed by atoms with Crippen LogP contribution in [0, 0.1) is 18.7 Å². The highest BCUT2D eigenvalue weighted by molar-refractivity contribution is 9.10. The maximum Gasteiger partial charge on any atom is 0.301 e. The molecule has 0 radical (unpaired) electrons. The van der Waals surface area contributed by atoms with Gasteiger partial charge in [0.1, 0.15) is 5.82 Å². The monoisotopic (exact) mass is 380 g/mol. The van der Waals surface area contributed by atoms with Crippen LogP contribution in [0.1, 0.15) is 18.4 Å². The van der Waals surface area contributed by atoms with Crippen LogP contribution in [-0.2, 0) is 10.2 Å². The van der Waals surface area contributed by atoms with E-state index in [2.05, 4.69) is 20.7 Å². The molecule has 118 valence electrons. The topological polar surface area (TPSA) is 69.6 Å². The Hall–Kier alpha value is -0.700. The third kappa shape index (κ3) is 3.94. The number of hydrogen-bond donors (Lipinski definition) is 2. The zero-order chi connectivity index (χ0) is 15.6. The lowest BCUT2D eigenvalue weighted by Crippen LogP contribution is -2.42. The lowest BCUT2D eigenvalue weighted by atomic mass is 10.00. The van der Waals surface area contributed by atoms with E-state index >= 15 is 0 Å². The molecule has 1 heterocycles. The third-order valence-corrected chi connectivity index (χ3v) is 5.81. The van der Waals surface area contributed by atoms with Crippen LogP contribution in [0.4, 0.5) is 10.1 Å². The molecule has 0 spiro atoms. The number of halogens is 2. The average molecular weight is 381 g/mol. The van der Waals surface area contributed by atoms with Gasteiger partial charge in [-0.3, -0.25) is 4.72 Å². The van der Waals surface area contributed by atoms with Crippen molar-refractivity contribution in [3.05, 3.63) is 28.0 Å². The molecule has 1 fully saturated rings. The Morgan fingerprint density at radius 2 is 2.05 bits per heavy atom. The highest BCUT2D eigenvalue weighted by atomic mass is 79.9. The molecule has 5 nitrogen and oxygen atoms in total. The van der Waals surface area contributed by atoms with Crippen LogP contribution < -0.4 is 4.72 Å². The van der Waals surface area contributed by atoms with E-state index < -0.39 is 16.0 Å². The molecule has 8 heteroatoms. The highest BCUT2D eigenvalue weighted by Crippen LogP contribution is 2.26. The smallest absolute Gasteiger partial charge is 0.301 e. The molecule has 1 aliphatic heterocycles. The number of nitrogens with one attached hydrogen (secondary N) is 1. The molecule has 1 saturated heterocycles. The van der Waals surface area contributed by atoms with Gasteiger partial charge in [0.25, 0.3) is 0 Å². The first-order valence-electron chi connectivity index (χ1n) is 6.68. The minimum absolute atomic E-state index is 0.0886. The van der Waals surface area contributed by atoms with Gasteiger partial charge in [-0.25, -0.2) is 4.39 Å². The first-order valence-corrected chi connectivity index (χ1v) is 8.91. The van der Waals surface area contributed by atoms with Crippen LogP contribution in [0.2, 0.25) is 0 Å². The lowest BCUT2D eigenvalue weighted by molar-refractivity contribution is 0.170. The lowest BCUT2D eigenvalue weighted by Gasteiger charge is -2.30. The van der Waals surface area contributed by atoms with Crippen LogP contribution in [0.15, 0.2) is 16.6 Å². The average Bonchev–Trinajstić information content (AvgIpc) is 2.44. The molecule has 0 amide bonds. The Kier molecular flexibility index (Phi) is 5.24. The molecular weight excluding hydrogens is 363 g/mol. The molecule has 0 saturated carbocycles.